The second-order valence-corrected chi connectivity index (χ2v) is 3.93. The van der Waals surface area contributed by atoms with E-state index in [1.807, 2.05) is 0 Å². The Kier molecular flexibility index (Phi) is 5.45. The number of nitrogens with one attached hydrogen (secondary N) is 1. The first kappa shape index (κ1) is 14.3. The number of halogens is 1. The smallest absolute Gasteiger partial charge is 0.243 e. The van der Waals surface area contributed by atoms with Gasteiger partial charge >= 0.3 is 0 Å². The van der Waals surface area contributed by atoms with Crippen LogP contribution in [-0.4, -0.2) is 43.3 Å². The Morgan fingerprint density at radius 2 is 2.17 bits per heavy atom. The molecule has 0 radical (unpaired) electrons. The number of carbonyl (C=O) groups is 2. The summed E-state index contributed by atoms with van der Waals surface area (Å²) < 4.78 is 5.04. The van der Waals surface area contributed by atoms with Crippen LogP contribution < -0.4 is 10.1 Å². The van der Waals surface area contributed by atoms with Crippen LogP contribution in [0.1, 0.15) is 0 Å². The van der Waals surface area contributed by atoms with Crippen molar-refractivity contribution in [1.29, 1.82) is 0 Å². The van der Waals surface area contributed by atoms with E-state index in [4.69, 9.17) is 16.3 Å². The van der Waals surface area contributed by atoms with E-state index in [1.165, 1.54) is 11.9 Å². The van der Waals surface area contributed by atoms with E-state index >= 15 is 0 Å². The first-order valence-electron chi connectivity index (χ1n) is 5.30. The summed E-state index contributed by atoms with van der Waals surface area (Å²) in [6.07, 6.45) is 0. The average Bonchev–Trinajstić information content (AvgIpc) is 2.37. The molecule has 1 rings (SSSR count). The topological polar surface area (TPSA) is 58.6 Å². The third kappa shape index (κ3) is 4.25. The highest BCUT2D eigenvalue weighted by Crippen LogP contribution is 2.16. The number of rotatable bonds is 5. The number of benzene rings is 1. The zero-order valence-electron chi connectivity index (χ0n) is 10.3. The molecule has 18 heavy (non-hydrogen) atoms. The molecule has 0 spiro atoms. The van der Waals surface area contributed by atoms with E-state index < -0.39 is 0 Å². The quantitative estimate of drug-likeness (QED) is 0.821. The highest BCUT2D eigenvalue weighted by molar-refractivity contribution is 6.27. The van der Waals surface area contributed by atoms with Crippen LogP contribution in [0, 0.1) is 0 Å². The largest absolute Gasteiger partial charge is 0.497 e. The molecule has 0 aliphatic carbocycles. The Morgan fingerprint density at radius 1 is 1.44 bits per heavy atom. The number of alkyl halides is 1. The standard InChI is InChI=1S/C12H15ClN2O3/c1-15(12(17)7-13)8-11(16)14-9-4-3-5-10(6-9)18-2/h3-6H,7-8H2,1-2H3,(H,14,16). The van der Waals surface area contributed by atoms with Gasteiger partial charge in [0, 0.05) is 18.8 Å². The third-order valence-electron chi connectivity index (χ3n) is 2.27. The summed E-state index contributed by atoms with van der Waals surface area (Å²) in [6.45, 7) is -0.0389. The van der Waals surface area contributed by atoms with E-state index in [2.05, 4.69) is 5.32 Å². The van der Waals surface area contributed by atoms with Crippen LogP contribution in [0.2, 0.25) is 0 Å². The van der Waals surface area contributed by atoms with Crippen LogP contribution in [0.15, 0.2) is 24.3 Å². The van der Waals surface area contributed by atoms with Gasteiger partial charge in [-0.2, -0.15) is 0 Å². The molecule has 6 heteroatoms. The van der Waals surface area contributed by atoms with Crippen molar-refractivity contribution in [1.82, 2.24) is 4.90 Å². The van der Waals surface area contributed by atoms with Crippen molar-refractivity contribution < 1.29 is 14.3 Å². The summed E-state index contributed by atoms with van der Waals surface area (Å²) in [7, 11) is 3.07. The van der Waals surface area contributed by atoms with Gasteiger partial charge < -0.3 is 15.0 Å². The highest BCUT2D eigenvalue weighted by Gasteiger charge is 2.11. The molecule has 0 saturated carbocycles. The maximum absolute atomic E-state index is 11.7. The molecule has 0 atom stereocenters. The Labute approximate surface area is 111 Å². The second kappa shape index (κ2) is 6.86. The summed E-state index contributed by atoms with van der Waals surface area (Å²) in [5.74, 6) is -0.0668. The van der Waals surface area contributed by atoms with Gasteiger partial charge in [-0.3, -0.25) is 9.59 Å². The number of ether oxygens (including phenoxy) is 1. The fourth-order valence-corrected chi connectivity index (χ4v) is 1.51. The molecule has 0 fully saturated rings. The van der Waals surface area contributed by atoms with Gasteiger partial charge in [0.2, 0.25) is 11.8 Å². The average molecular weight is 271 g/mol. The lowest BCUT2D eigenvalue weighted by Gasteiger charge is -2.15. The van der Waals surface area contributed by atoms with Crippen molar-refractivity contribution in [3.8, 4) is 5.75 Å². The van der Waals surface area contributed by atoms with Crippen molar-refractivity contribution in [2.75, 3.05) is 31.9 Å². The van der Waals surface area contributed by atoms with Crippen molar-refractivity contribution >= 4 is 29.1 Å². The van der Waals surface area contributed by atoms with Crippen molar-refractivity contribution in [2.45, 2.75) is 0 Å². The lowest BCUT2D eigenvalue weighted by molar-refractivity contribution is -0.131. The van der Waals surface area contributed by atoms with E-state index in [-0.39, 0.29) is 24.2 Å². The number of carbonyl (C=O) groups excluding carboxylic acids is 2. The lowest BCUT2D eigenvalue weighted by atomic mass is 10.3. The SMILES string of the molecule is COc1cccc(NC(=O)CN(C)C(=O)CCl)c1. The fourth-order valence-electron chi connectivity index (χ4n) is 1.31. The molecule has 0 bridgehead atoms. The Hall–Kier alpha value is -1.75. The molecule has 0 aliphatic rings. The molecule has 0 aromatic heterocycles. The van der Waals surface area contributed by atoms with E-state index in [1.54, 1.807) is 31.4 Å². The maximum atomic E-state index is 11.7. The van der Waals surface area contributed by atoms with E-state index in [9.17, 15) is 9.59 Å². The Bertz CT molecular complexity index is 437. The number of hydrogen-bond donors (Lipinski definition) is 1. The molecule has 1 N–H and O–H groups in total. The number of anilines is 1. The molecule has 98 valence electrons. The zero-order valence-corrected chi connectivity index (χ0v) is 11.0. The minimum atomic E-state index is -0.294. The molecule has 2 amide bonds. The predicted octanol–water partition coefficient (Wildman–Crippen LogP) is 1.33. The van der Waals surface area contributed by atoms with Gasteiger partial charge in [0.25, 0.3) is 0 Å². The van der Waals surface area contributed by atoms with Crippen LogP contribution >= 0.6 is 11.6 Å². The summed E-state index contributed by atoms with van der Waals surface area (Å²) in [5.41, 5.74) is 0.617. The molecule has 5 nitrogen and oxygen atoms in total. The monoisotopic (exact) mass is 270 g/mol. The predicted molar refractivity (Wildman–Crippen MR) is 70.0 cm³/mol. The summed E-state index contributed by atoms with van der Waals surface area (Å²) in [4.78, 5) is 24.1. The van der Waals surface area contributed by atoms with E-state index in [0.717, 1.165) is 0 Å². The summed E-state index contributed by atoms with van der Waals surface area (Å²) in [5, 5.41) is 2.67. The van der Waals surface area contributed by atoms with Gasteiger partial charge in [-0.1, -0.05) is 6.07 Å². The molecule has 0 saturated heterocycles. The molecular formula is C12H15ClN2O3. The van der Waals surface area contributed by atoms with Gasteiger partial charge in [-0.15, -0.1) is 11.6 Å². The van der Waals surface area contributed by atoms with Gasteiger partial charge in [0.15, 0.2) is 0 Å². The Balaban J connectivity index is 2.56. The minimum absolute atomic E-state index is 0.0389. The number of nitrogens with zero attached hydrogens (tertiary/aromatic N) is 1. The zero-order chi connectivity index (χ0) is 13.5. The van der Waals surface area contributed by atoms with Gasteiger partial charge in [0.05, 0.1) is 13.7 Å². The number of likely N-dealkylation sites (N-methyl/N-ethyl adjacent to an activating group) is 1. The van der Waals surface area contributed by atoms with Crippen molar-refractivity contribution in [2.24, 2.45) is 0 Å². The van der Waals surface area contributed by atoms with Crippen LogP contribution in [-0.2, 0) is 9.59 Å². The molecule has 1 aromatic carbocycles. The fraction of sp³-hybridized carbons (Fsp3) is 0.333. The van der Waals surface area contributed by atoms with Crippen molar-refractivity contribution in [3.05, 3.63) is 24.3 Å². The molecular weight excluding hydrogens is 256 g/mol. The van der Waals surface area contributed by atoms with E-state index in [0.29, 0.717) is 11.4 Å². The van der Waals surface area contributed by atoms with Gasteiger partial charge in [-0.25, -0.2) is 0 Å². The highest BCUT2D eigenvalue weighted by atomic mass is 35.5. The normalized spacial score (nSPS) is 9.72. The van der Waals surface area contributed by atoms with Crippen LogP contribution in [0.5, 0.6) is 5.75 Å². The number of hydrogen-bond acceptors (Lipinski definition) is 3. The van der Waals surface area contributed by atoms with Crippen LogP contribution in [0.3, 0.4) is 0 Å². The minimum Gasteiger partial charge on any atom is -0.497 e. The number of methoxy groups -OCH3 is 1. The lowest BCUT2D eigenvalue weighted by Crippen LogP contribution is -2.35. The van der Waals surface area contributed by atoms with Crippen LogP contribution in [0.4, 0.5) is 5.69 Å². The summed E-state index contributed by atoms with van der Waals surface area (Å²) >= 11 is 5.39. The second-order valence-electron chi connectivity index (χ2n) is 3.66. The Morgan fingerprint density at radius 3 is 2.78 bits per heavy atom. The molecule has 0 aliphatic heterocycles. The third-order valence-corrected chi connectivity index (χ3v) is 2.50. The first-order chi connectivity index (χ1) is 8.56. The van der Waals surface area contributed by atoms with Gasteiger partial charge in [-0.05, 0) is 12.1 Å². The summed E-state index contributed by atoms with van der Waals surface area (Å²) in [6, 6.07) is 6.98. The van der Waals surface area contributed by atoms with Crippen LogP contribution in [0.25, 0.3) is 0 Å². The molecule has 0 unspecified atom stereocenters. The van der Waals surface area contributed by atoms with Gasteiger partial charge in [0.1, 0.15) is 11.6 Å². The number of amides is 2. The first-order valence-corrected chi connectivity index (χ1v) is 5.84. The molecule has 0 heterocycles. The molecule has 1 aromatic rings. The van der Waals surface area contributed by atoms with Crippen molar-refractivity contribution in [3.63, 3.8) is 0 Å². The maximum Gasteiger partial charge on any atom is 0.243 e.